The van der Waals surface area contributed by atoms with Crippen LogP contribution < -0.4 is 10.1 Å². The number of rotatable bonds is 9. The maximum absolute atomic E-state index is 12.8. The highest BCUT2D eigenvalue weighted by atomic mass is 35.5. The summed E-state index contributed by atoms with van der Waals surface area (Å²) >= 11 is 7.81. The Balaban J connectivity index is 1.71. The number of nitrogens with zero attached hydrogens (tertiary/aromatic N) is 2. The predicted molar refractivity (Wildman–Crippen MR) is 126 cm³/mol. The average molecular weight is 454 g/mol. The van der Waals surface area contributed by atoms with E-state index in [1.165, 1.54) is 4.88 Å². The van der Waals surface area contributed by atoms with Crippen molar-refractivity contribution in [1.29, 1.82) is 5.26 Å². The van der Waals surface area contributed by atoms with E-state index in [0.29, 0.717) is 22.8 Å². The van der Waals surface area contributed by atoms with E-state index in [1.54, 1.807) is 36.6 Å². The topological polar surface area (TPSA) is 65.4 Å². The predicted octanol–water partition coefficient (Wildman–Crippen LogP) is 5.35. The zero-order valence-corrected chi connectivity index (χ0v) is 19.0. The fourth-order valence-electron chi connectivity index (χ4n) is 3.25. The summed E-state index contributed by atoms with van der Waals surface area (Å²) in [5.41, 5.74) is 2.06. The summed E-state index contributed by atoms with van der Waals surface area (Å²) in [6.45, 7) is 3.00. The first-order valence-corrected chi connectivity index (χ1v) is 11.1. The van der Waals surface area contributed by atoms with Crippen LogP contribution in [0, 0.1) is 11.3 Å². The van der Waals surface area contributed by atoms with Crippen molar-refractivity contribution in [2.24, 2.45) is 0 Å². The Morgan fingerprint density at radius 3 is 2.65 bits per heavy atom. The van der Waals surface area contributed by atoms with Crippen molar-refractivity contribution < 1.29 is 9.53 Å². The van der Waals surface area contributed by atoms with E-state index in [9.17, 15) is 4.79 Å². The second-order valence-corrected chi connectivity index (χ2v) is 8.68. The third-order valence-electron chi connectivity index (χ3n) is 4.96. The van der Waals surface area contributed by atoms with E-state index in [4.69, 9.17) is 21.6 Å². The van der Waals surface area contributed by atoms with Gasteiger partial charge in [0.25, 0.3) is 0 Å². The molecule has 5 nitrogen and oxygen atoms in total. The molecular formula is C24H24ClN3O2S. The van der Waals surface area contributed by atoms with Crippen molar-refractivity contribution in [2.75, 3.05) is 19.0 Å². The van der Waals surface area contributed by atoms with Crippen molar-refractivity contribution in [2.45, 2.75) is 25.9 Å². The highest BCUT2D eigenvalue weighted by Gasteiger charge is 2.19. The molecule has 2 aromatic carbocycles. The molecule has 3 rings (SSSR count). The summed E-state index contributed by atoms with van der Waals surface area (Å²) in [6.07, 6.45) is 0.865. The number of ether oxygens (including phenoxy) is 1. The maximum atomic E-state index is 12.8. The summed E-state index contributed by atoms with van der Waals surface area (Å²) in [7, 11) is 1.64. The molecule has 0 aliphatic rings. The quantitative estimate of drug-likeness (QED) is 0.474. The number of nitriles is 1. The molecule has 31 heavy (non-hydrogen) atoms. The number of methoxy groups -OCH3 is 1. The molecule has 0 aliphatic carbocycles. The monoisotopic (exact) mass is 453 g/mol. The molecule has 7 heteroatoms. The van der Waals surface area contributed by atoms with Crippen molar-refractivity contribution in [1.82, 2.24) is 4.90 Å². The van der Waals surface area contributed by atoms with Crippen LogP contribution in [0.1, 0.15) is 22.9 Å². The van der Waals surface area contributed by atoms with Crippen molar-refractivity contribution in [3.8, 4) is 11.8 Å². The number of nitrogens with one attached hydrogen (secondary N) is 1. The minimum atomic E-state index is -0.132. The Kier molecular flexibility index (Phi) is 8.07. The Labute approximate surface area is 191 Å². The van der Waals surface area contributed by atoms with Crippen LogP contribution in [0.3, 0.4) is 0 Å². The second kappa shape index (κ2) is 11.0. The molecule has 1 heterocycles. The Bertz CT molecular complexity index is 1050. The Hall–Kier alpha value is -2.85. The van der Waals surface area contributed by atoms with Gasteiger partial charge in [-0.25, -0.2) is 0 Å². The van der Waals surface area contributed by atoms with Gasteiger partial charge in [0.05, 0.1) is 24.2 Å². The van der Waals surface area contributed by atoms with E-state index in [1.807, 2.05) is 36.4 Å². The van der Waals surface area contributed by atoms with Crippen LogP contribution in [0.25, 0.3) is 0 Å². The van der Waals surface area contributed by atoms with Crippen LogP contribution in [0.4, 0.5) is 5.69 Å². The van der Waals surface area contributed by atoms with Crippen LogP contribution in [-0.2, 0) is 17.8 Å². The number of halogens is 1. The molecule has 0 bridgehead atoms. The van der Waals surface area contributed by atoms with E-state index in [0.717, 1.165) is 17.7 Å². The molecule has 1 atom stereocenters. The number of hydrogen-bond acceptors (Lipinski definition) is 5. The second-order valence-electron chi connectivity index (χ2n) is 7.24. The molecule has 1 amide bonds. The van der Waals surface area contributed by atoms with Crippen molar-refractivity contribution in [3.63, 3.8) is 0 Å². The van der Waals surface area contributed by atoms with Gasteiger partial charge in [-0.2, -0.15) is 5.26 Å². The highest BCUT2D eigenvalue weighted by Crippen LogP contribution is 2.21. The van der Waals surface area contributed by atoms with E-state index in [2.05, 4.69) is 28.6 Å². The standard InChI is InChI=1S/C24H24ClN3O2S/c1-17(12-22-4-3-11-31-22)28(15-18-5-9-21(30-2)10-6-18)16-24(29)27-20-8-7-19(14-26)23(25)13-20/h3-11,13,17H,12,15-16H2,1-2H3,(H,27,29). The summed E-state index contributed by atoms with van der Waals surface area (Å²) in [5.74, 6) is 0.671. The van der Waals surface area contributed by atoms with Gasteiger partial charge in [0.1, 0.15) is 11.8 Å². The average Bonchev–Trinajstić information content (AvgIpc) is 3.27. The van der Waals surface area contributed by atoms with Crippen molar-refractivity contribution in [3.05, 3.63) is 81.0 Å². The van der Waals surface area contributed by atoms with Gasteiger partial charge in [0.15, 0.2) is 0 Å². The smallest absolute Gasteiger partial charge is 0.238 e. The number of amides is 1. The number of benzene rings is 2. The highest BCUT2D eigenvalue weighted by molar-refractivity contribution is 7.09. The van der Waals surface area contributed by atoms with Gasteiger partial charge in [-0.3, -0.25) is 9.69 Å². The van der Waals surface area contributed by atoms with Gasteiger partial charge in [-0.15, -0.1) is 11.3 Å². The SMILES string of the molecule is COc1ccc(CN(CC(=O)Nc2ccc(C#N)c(Cl)c2)C(C)Cc2cccs2)cc1. The van der Waals surface area contributed by atoms with Gasteiger partial charge in [-0.1, -0.05) is 29.8 Å². The van der Waals surface area contributed by atoms with E-state index >= 15 is 0 Å². The van der Waals surface area contributed by atoms with Gasteiger partial charge < -0.3 is 10.1 Å². The molecule has 0 aliphatic heterocycles. The first-order chi connectivity index (χ1) is 15.0. The van der Waals surface area contributed by atoms with Gasteiger partial charge >= 0.3 is 0 Å². The van der Waals surface area contributed by atoms with Crippen LogP contribution >= 0.6 is 22.9 Å². The van der Waals surface area contributed by atoms with E-state index in [-0.39, 0.29) is 18.5 Å². The van der Waals surface area contributed by atoms with Crippen LogP contribution in [0.5, 0.6) is 5.75 Å². The number of anilines is 1. The number of hydrogen-bond donors (Lipinski definition) is 1. The molecule has 0 radical (unpaired) electrons. The largest absolute Gasteiger partial charge is 0.497 e. The minimum Gasteiger partial charge on any atom is -0.497 e. The Morgan fingerprint density at radius 2 is 2.03 bits per heavy atom. The minimum absolute atomic E-state index is 0.132. The van der Waals surface area contributed by atoms with Crippen LogP contribution in [0.2, 0.25) is 5.02 Å². The third-order valence-corrected chi connectivity index (χ3v) is 6.18. The normalized spacial score (nSPS) is 11.7. The lowest BCUT2D eigenvalue weighted by atomic mass is 10.1. The summed E-state index contributed by atoms with van der Waals surface area (Å²) in [4.78, 5) is 16.2. The maximum Gasteiger partial charge on any atom is 0.238 e. The molecular weight excluding hydrogens is 430 g/mol. The summed E-state index contributed by atoms with van der Waals surface area (Å²) in [6, 6.07) is 19.1. The Morgan fingerprint density at radius 1 is 1.26 bits per heavy atom. The first kappa shape index (κ1) is 22.8. The third kappa shape index (κ3) is 6.56. The molecule has 0 spiro atoms. The summed E-state index contributed by atoms with van der Waals surface area (Å²) < 4.78 is 5.24. The first-order valence-electron chi connectivity index (χ1n) is 9.87. The van der Waals surface area contributed by atoms with Gasteiger partial charge in [-0.05, 0) is 60.7 Å². The molecule has 0 saturated carbocycles. The van der Waals surface area contributed by atoms with Crippen molar-refractivity contribution >= 4 is 34.5 Å². The molecule has 0 fully saturated rings. The fraction of sp³-hybridized carbons (Fsp3) is 0.250. The zero-order valence-electron chi connectivity index (χ0n) is 17.5. The molecule has 1 unspecified atom stereocenters. The van der Waals surface area contributed by atoms with Gasteiger partial charge in [0, 0.05) is 23.2 Å². The molecule has 3 aromatic rings. The molecule has 160 valence electrons. The zero-order chi connectivity index (χ0) is 22.2. The lowest BCUT2D eigenvalue weighted by molar-refractivity contribution is -0.118. The molecule has 1 N–H and O–H groups in total. The fourth-order valence-corrected chi connectivity index (χ4v) is 4.30. The van der Waals surface area contributed by atoms with Crippen LogP contribution in [0.15, 0.2) is 60.0 Å². The lowest BCUT2D eigenvalue weighted by Crippen LogP contribution is -2.40. The lowest BCUT2D eigenvalue weighted by Gasteiger charge is -2.28. The number of thiophene rings is 1. The van der Waals surface area contributed by atoms with Gasteiger partial charge in [0.2, 0.25) is 5.91 Å². The molecule has 0 saturated heterocycles. The number of carbonyl (C=O) groups is 1. The number of carbonyl (C=O) groups excluding carboxylic acids is 1. The summed E-state index contributed by atoms with van der Waals surface area (Å²) in [5, 5.41) is 14.3. The van der Waals surface area contributed by atoms with E-state index < -0.39 is 0 Å². The molecule has 1 aromatic heterocycles. The van der Waals surface area contributed by atoms with Crippen LogP contribution in [-0.4, -0.2) is 30.5 Å².